The van der Waals surface area contributed by atoms with Crippen molar-refractivity contribution in [1.82, 2.24) is 4.98 Å². The van der Waals surface area contributed by atoms with E-state index in [-0.39, 0.29) is 18.4 Å². The summed E-state index contributed by atoms with van der Waals surface area (Å²) in [6, 6.07) is 14.6. The molecule has 2 aromatic carbocycles. The molecule has 4 nitrogen and oxygen atoms in total. The molecule has 0 fully saturated rings. The van der Waals surface area contributed by atoms with Gasteiger partial charge in [0.25, 0.3) is 0 Å². The number of ether oxygens (including phenoxy) is 2. The molecule has 1 heterocycles. The lowest BCUT2D eigenvalue weighted by Crippen LogP contribution is -2.08. The van der Waals surface area contributed by atoms with E-state index < -0.39 is 0 Å². The first-order chi connectivity index (χ1) is 16.0. The van der Waals surface area contributed by atoms with Gasteiger partial charge in [-0.3, -0.25) is 4.98 Å². The van der Waals surface area contributed by atoms with Gasteiger partial charge >= 0.3 is 5.97 Å². The molecule has 0 radical (unpaired) electrons. The average molecular weight is 446 g/mol. The third-order valence-corrected chi connectivity index (χ3v) is 5.95. The van der Waals surface area contributed by atoms with Gasteiger partial charge in [0.1, 0.15) is 18.2 Å². The molecule has 0 aliphatic heterocycles. The van der Waals surface area contributed by atoms with E-state index in [2.05, 4.69) is 11.1 Å². The summed E-state index contributed by atoms with van der Waals surface area (Å²) in [6.07, 6.45) is 4.63. The van der Waals surface area contributed by atoms with Crippen molar-refractivity contribution in [2.24, 2.45) is 0 Å². The number of aromatic nitrogens is 1. The van der Waals surface area contributed by atoms with Gasteiger partial charge in [-0.25, -0.2) is 9.18 Å². The van der Waals surface area contributed by atoms with Gasteiger partial charge < -0.3 is 9.47 Å². The molecule has 0 atom stereocenters. The second kappa shape index (κ2) is 9.99. The minimum absolute atomic E-state index is 0.157. The van der Waals surface area contributed by atoms with E-state index in [9.17, 15) is 9.18 Å². The fraction of sp³-hybridized carbons (Fsp3) is 0.286. The van der Waals surface area contributed by atoms with Gasteiger partial charge in [0.2, 0.25) is 0 Å². The molecule has 0 unspecified atom stereocenters. The van der Waals surface area contributed by atoms with E-state index in [4.69, 9.17) is 9.47 Å². The maximum atomic E-state index is 14.1. The predicted molar refractivity (Wildman–Crippen MR) is 128 cm³/mol. The Balaban J connectivity index is 1.72. The summed E-state index contributed by atoms with van der Waals surface area (Å²) in [5.74, 6) is 0.0991. The fourth-order valence-electron chi connectivity index (χ4n) is 4.25. The topological polar surface area (TPSA) is 48.4 Å². The van der Waals surface area contributed by atoms with Crippen molar-refractivity contribution in [2.75, 3.05) is 6.61 Å². The highest BCUT2D eigenvalue weighted by atomic mass is 19.1. The Bertz CT molecular complexity index is 1220. The molecule has 5 heteroatoms. The zero-order chi connectivity index (χ0) is 23.4. The average Bonchev–Trinajstić information content (AvgIpc) is 3.29. The van der Waals surface area contributed by atoms with Gasteiger partial charge in [0, 0.05) is 17.3 Å². The Hall–Kier alpha value is -3.47. The SMILES string of the molecule is CCOC(=O)c1cc(C2=C(c3cc(C)ccc3OCc3ccccc3F)CCC2)cnc1C. The summed E-state index contributed by atoms with van der Waals surface area (Å²) >= 11 is 0. The number of nitrogens with zero attached hydrogens (tertiary/aromatic N) is 1. The molecule has 3 aromatic rings. The van der Waals surface area contributed by atoms with Crippen molar-refractivity contribution in [2.45, 2.75) is 46.6 Å². The van der Waals surface area contributed by atoms with Crippen LogP contribution in [0.4, 0.5) is 4.39 Å². The number of hydrogen-bond acceptors (Lipinski definition) is 4. The Labute approximate surface area is 194 Å². The Kier molecular flexibility index (Phi) is 6.87. The lowest BCUT2D eigenvalue weighted by Gasteiger charge is -2.16. The molecule has 0 saturated heterocycles. The lowest BCUT2D eigenvalue weighted by molar-refractivity contribution is 0.0525. The Morgan fingerprint density at radius 2 is 1.85 bits per heavy atom. The van der Waals surface area contributed by atoms with Crippen LogP contribution in [0.15, 0.2) is 54.7 Å². The molecular formula is C28H28FNO3. The third-order valence-electron chi connectivity index (χ3n) is 5.95. The zero-order valence-electron chi connectivity index (χ0n) is 19.3. The third kappa shape index (κ3) is 4.98. The van der Waals surface area contributed by atoms with E-state index >= 15 is 0 Å². The van der Waals surface area contributed by atoms with Crippen LogP contribution in [0.2, 0.25) is 0 Å². The van der Waals surface area contributed by atoms with Gasteiger partial charge in [0.05, 0.1) is 17.9 Å². The van der Waals surface area contributed by atoms with Crippen molar-refractivity contribution < 1.29 is 18.7 Å². The number of halogens is 1. The van der Waals surface area contributed by atoms with E-state index in [1.54, 1.807) is 25.1 Å². The summed E-state index contributed by atoms with van der Waals surface area (Å²) in [5, 5.41) is 0. The minimum Gasteiger partial charge on any atom is -0.488 e. The number of esters is 1. The van der Waals surface area contributed by atoms with E-state index in [1.807, 2.05) is 38.2 Å². The predicted octanol–water partition coefficient (Wildman–Crippen LogP) is 6.69. The first-order valence-corrected chi connectivity index (χ1v) is 11.3. The number of rotatable bonds is 7. The molecular weight excluding hydrogens is 417 g/mol. The van der Waals surface area contributed by atoms with Gasteiger partial charge in [-0.15, -0.1) is 0 Å². The van der Waals surface area contributed by atoms with Crippen LogP contribution in [0.3, 0.4) is 0 Å². The van der Waals surface area contributed by atoms with Crippen LogP contribution in [0.1, 0.15) is 64.5 Å². The van der Waals surface area contributed by atoms with Gasteiger partial charge in [0.15, 0.2) is 0 Å². The fourth-order valence-corrected chi connectivity index (χ4v) is 4.25. The van der Waals surface area contributed by atoms with E-state index in [0.29, 0.717) is 23.4 Å². The van der Waals surface area contributed by atoms with Crippen molar-refractivity contribution >= 4 is 17.1 Å². The number of allylic oxidation sites excluding steroid dienone is 2. The number of benzene rings is 2. The summed E-state index contributed by atoms with van der Waals surface area (Å²) in [4.78, 5) is 16.9. The standard InChI is InChI=1S/C28H28FNO3/c1-4-32-28(31)24-15-21(16-30-19(24)3)22-9-7-10-23(22)25-14-18(2)12-13-27(25)33-17-20-8-5-6-11-26(20)29/h5-6,8,11-16H,4,7,9-10,17H2,1-3H3. The van der Waals surface area contributed by atoms with Crippen LogP contribution in [0.25, 0.3) is 11.1 Å². The molecule has 0 spiro atoms. The van der Waals surface area contributed by atoms with Gasteiger partial charge in [-0.05, 0) is 81.0 Å². The molecule has 4 rings (SSSR count). The highest BCUT2D eigenvalue weighted by molar-refractivity contribution is 5.97. The summed E-state index contributed by atoms with van der Waals surface area (Å²) in [7, 11) is 0. The van der Waals surface area contributed by atoms with E-state index in [0.717, 1.165) is 47.3 Å². The number of carbonyl (C=O) groups is 1. The monoisotopic (exact) mass is 445 g/mol. The van der Waals surface area contributed by atoms with Gasteiger partial charge in [-0.1, -0.05) is 29.8 Å². The highest BCUT2D eigenvalue weighted by Gasteiger charge is 2.23. The van der Waals surface area contributed by atoms with Crippen molar-refractivity contribution in [3.05, 3.63) is 94.1 Å². The van der Waals surface area contributed by atoms with Crippen molar-refractivity contribution in [3.8, 4) is 5.75 Å². The maximum Gasteiger partial charge on any atom is 0.339 e. The normalized spacial score (nSPS) is 13.3. The highest BCUT2D eigenvalue weighted by Crippen LogP contribution is 2.43. The number of aryl methyl sites for hydroxylation is 2. The first-order valence-electron chi connectivity index (χ1n) is 11.3. The second-order valence-corrected chi connectivity index (χ2v) is 8.27. The van der Waals surface area contributed by atoms with Crippen molar-refractivity contribution in [3.63, 3.8) is 0 Å². The largest absolute Gasteiger partial charge is 0.488 e. The molecule has 0 bridgehead atoms. The lowest BCUT2D eigenvalue weighted by atomic mass is 9.95. The maximum absolute atomic E-state index is 14.1. The zero-order valence-corrected chi connectivity index (χ0v) is 19.3. The van der Waals surface area contributed by atoms with Crippen LogP contribution < -0.4 is 4.74 Å². The van der Waals surface area contributed by atoms with Crippen molar-refractivity contribution in [1.29, 1.82) is 0 Å². The minimum atomic E-state index is -0.353. The summed E-state index contributed by atoms with van der Waals surface area (Å²) in [5.41, 5.74) is 7.07. The van der Waals surface area contributed by atoms with Crippen LogP contribution in [0.5, 0.6) is 5.75 Å². The smallest absolute Gasteiger partial charge is 0.339 e. The van der Waals surface area contributed by atoms with Crippen LogP contribution in [-0.2, 0) is 11.3 Å². The number of hydrogen-bond donors (Lipinski definition) is 0. The van der Waals surface area contributed by atoms with Crippen LogP contribution in [-0.4, -0.2) is 17.6 Å². The summed E-state index contributed by atoms with van der Waals surface area (Å²) in [6.45, 7) is 6.14. The molecule has 0 N–H and O–H groups in total. The molecule has 33 heavy (non-hydrogen) atoms. The molecule has 170 valence electrons. The van der Waals surface area contributed by atoms with Gasteiger partial charge in [-0.2, -0.15) is 0 Å². The second-order valence-electron chi connectivity index (χ2n) is 8.27. The quantitative estimate of drug-likeness (QED) is 0.380. The number of pyridine rings is 1. The molecule has 1 aliphatic rings. The number of carbonyl (C=O) groups excluding carboxylic acids is 1. The molecule has 1 aromatic heterocycles. The van der Waals surface area contributed by atoms with Crippen LogP contribution in [0, 0.1) is 19.7 Å². The molecule has 0 amide bonds. The molecule has 1 aliphatic carbocycles. The summed E-state index contributed by atoms with van der Waals surface area (Å²) < 4.78 is 25.4. The Morgan fingerprint density at radius 1 is 1.06 bits per heavy atom. The first kappa shape index (κ1) is 22.7. The Morgan fingerprint density at radius 3 is 2.64 bits per heavy atom. The van der Waals surface area contributed by atoms with E-state index in [1.165, 1.54) is 11.6 Å². The molecule has 0 saturated carbocycles. The van der Waals surface area contributed by atoms with Crippen LogP contribution >= 0.6 is 0 Å².